The van der Waals surface area contributed by atoms with Gasteiger partial charge >= 0.3 is 0 Å². The molecule has 0 aromatic heterocycles. The Morgan fingerprint density at radius 1 is 0.867 bits per heavy atom. The van der Waals surface area contributed by atoms with Gasteiger partial charge in [0.25, 0.3) is 0 Å². The van der Waals surface area contributed by atoms with Gasteiger partial charge in [0, 0.05) is 18.3 Å². The van der Waals surface area contributed by atoms with Crippen molar-refractivity contribution in [1.29, 1.82) is 0 Å². The van der Waals surface area contributed by atoms with Gasteiger partial charge in [-0.2, -0.15) is 0 Å². The lowest BCUT2D eigenvalue weighted by Gasteiger charge is -2.10. The molecule has 3 aromatic rings. The Balaban J connectivity index is 1.37. The van der Waals surface area contributed by atoms with Gasteiger partial charge in [0.05, 0.1) is 20.3 Å². The lowest BCUT2D eigenvalue weighted by atomic mass is 10.1. The Labute approximate surface area is 178 Å². The first kappa shape index (κ1) is 21.4. The minimum Gasteiger partial charge on any atom is -0.497 e. The van der Waals surface area contributed by atoms with Crippen LogP contribution in [-0.2, 0) is 17.8 Å². The third kappa shape index (κ3) is 7.26. The second-order valence-corrected chi connectivity index (χ2v) is 6.97. The highest BCUT2D eigenvalue weighted by Gasteiger charge is 2.04. The number of ether oxygens (including phenoxy) is 2. The molecular formula is C25H28N2O3. The number of hydrogen-bond donors (Lipinski definition) is 2. The number of hydrogen-bond acceptors (Lipinski definition) is 4. The molecule has 0 fully saturated rings. The molecule has 5 nitrogen and oxygen atoms in total. The lowest BCUT2D eigenvalue weighted by Crippen LogP contribution is -2.27. The van der Waals surface area contributed by atoms with E-state index in [9.17, 15) is 4.79 Å². The van der Waals surface area contributed by atoms with E-state index in [1.165, 1.54) is 5.56 Å². The van der Waals surface area contributed by atoms with Gasteiger partial charge < -0.3 is 20.1 Å². The number of carbonyl (C=O) groups excluding carboxylic acids is 1. The monoisotopic (exact) mass is 404 g/mol. The minimum absolute atomic E-state index is 0.0928. The van der Waals surface area contributed by atoms with E-state index in [0.717, 1.165) is 35.6 Å². The van der Waals surface area contributed by atoms with E-state index in [0.29, 0.717) is 13.2 Å². The molecule has 0 unspecified atom stereocenters. The Morgan fingerprint density at radius 2 is 1.67 bits per heavy atom. The molecule has 0 aliphatic rings. The second-order valence-electron chi connectivity index (χ2n) is 6.97. The summed E-state index contributed by atoms with van der Waals surface area (Å²) in [5.41, 5.74) is 3.13. The zero-order valence-corrected chi connectivity index (χ0v) is 17.3. The molecule has 3 rings (SSSR count). The number of aryl methyl sites for hydroxylation is 1. The molecule has 5 heteroatoms. The zero-order valence-electron chi connectivity index (χ0n) is 17.3. The molecule has 0 bridgehead atoms. The van der Waals surface area contributed by atoms with E-state index in [-0.39, 0.29) is 12.5 Å². The zero-order chi connectivity index (χ0) is 21.0. The fourth-order valence-electron chi connectivity index (χ4n) is 3.04. The van der Waals surface area contributed by atoms with Crippen molar-refractivity contribution in [3.63, 3.8) is 0 Å². The highest BCUT2D eigenvalue weighted by Crippen LogP contribution is 2.18. The summed E-state index contributed by atoms with van der Waals surface area (Å²) in [4.78, 5) is 12.2. The molecule has 0 saturated carbocycles. The van der Waals surface area contributed by atoms with Crippen LogP contribution in [0.5, 0.6) is 11.5 Å². The first-order valence-corrected chi connectivity index (χ1v) is 10.1. The highest BCUT2D eigenvalue weighted by molar-refractivity contribution is 5.92. The summed E-state index contributed by atoms with van der Waals surface area (Å²) >= 11 is 0. The Bertz CT molecular complexity index is 911. The van der Waals surface area contributed by atoms with Crippen LogP contribution >= 0.6 is 0 Å². The fraction of sp³-hybridized carbons (Fsp3) is 0.240. The van der Waals surface area contributed by atoms with Gasteiger partial charge in [-0.3, -0.25) is 4.79 Å². The van der Waals surface area contributed by atoms with Crippen LogP contribution in [0.25, 0.3) is 0 Å². The highest BCUT2D eigenvalue weighted by atomic mass is 16.5. The number of carbonyl (C=O) groups is 1. The van der Waals surface area contributed by atoms with Crippen LogP contribution in [0.15, 0.2) is 78.9 Å². The maximum Gasteiger partial charge on any atom is 0.238 e. The molecule has 0 aliphatic carbocycles. The molecule has 0 saturated heterocycles. The second kappa shape index (κ2) is 11.6. The molecule has 0 aliphatic heterocycles. The average molecular weight is 405 g/mol. The van der Waals surface area contributed by atoms with Crippen LogP contribution in [0.2, 0.25) is 0 Å². The molecule has 0 heterocycles. The molecule has 30 heavy (non-hydrogen) atoms. The van der Waals surface area contributed by atoms with E-state index in [1.54, 1.807) is 7.11 Å². The van der Waals surface area contributed by atoms with Gasteiger partial charge in [-0.05, 0) is 48.2 Å². The lowest BCUT2D eigenvalue weighted by molar-refractivity contribution is -0.115. The summed E-state index contributed by atoms with van der Waals surface area (Å²) in [6.07, 6.45) is 1.92. The number of anilines is 1. The van der Waals surface area contributed by atoms with Crippen molar-refractivity contribution in [2.75, 3.05) is 25.6 Å². The van der Waals surface area contributed by atoms with Crippen LogP contribution in [-0.4, -0.2) is 26.2 Å². The van der Waals surface area contributed by atoms with Crippen LogP contribution in [0.4, 0.5) is 5.69 Å². The Hall–Kier alpha value is -3.31. The normalized spacial score (nSPS) is 10.4. The third-order valence-corrected chi connectivity index (χ3v) is 4.61. The van der Waals surface area contributed by atoms with Gasteiger partial charge in [-0.15, -0.1) is 0 Å². The van der Waals surface area contributed by atoms with Crippen molar-refractivity contribution in [3.8, 4) is 11.5 Å². The van der Waals surface area contributed by atoms with E-state index in [4.69, 9.17) is 9.47 Å². The number of rotatable bonds is 11. The standard InChI is InChI=1S/C25H28N2O3/c1-29-23-14-12-21(13-15-23)18-26-19-25(28)27-22-10-5-11-24(17-22)30-16-6-9-20-7-3-2-4-8-20/h2-5,7-8,10-15,17,26H,6,9,16,18-19H2,1H3,(H,27,28). The van der Waals surface area contributed by atoms with Crippen molar-refractivity contribution in [2.45, 2.75) is 19.4 Å². The predicted molar refractivity (Wildman–Crippen MR) is 120 cm³/mol. The van der Waals surface area contributed by atoms with E-state index in [2.05, 4.69) is 22.8 Å². The first-order valence-electron chi connectivity index (χ1n) is 10.1. The molecule has 0 atom stereocenters. The van der Waals surface area contributed by atoms with Gasteiger partial charge in [0.15, 0.2) is 0 Å². The van der Waals surface area contributed by atoms with Gasteiger partial charge in [0.1, 0.15) is 11.5 Å². The van der Waals surface area contributed by atoms with Crippen molar-refractivity contribution in [2.24, 2.45) is 0 Å². The molecule has 0 radical (unpaired) electrons. The van der Waals surface area contributed by atoms with Crippen molar-refractivity contribution in [1.82, 2.24) is 5.32 Å². The summed E-state index contributed by atoms with van der Waals surface area (Å²) in [5, 5.41) is 6.05. The van der Waals surface area contributed by atoms with Crippen LogP contribution in [0.1, 0.15) is 17.5 Å². The van der Waals surface area contributed by atoms with Gasteiger partial charge in [-0.1, -0.05) is 48.5 Å². The summed E-state index contributed by atoms with van der Waals surface area (Å²) in [7, 11) is 1.64. The quantitative estimate of drug-likeness (QED) is 0.464. The third-order valence-electron chi connectivity index (χ3n) is 4.61. The summed E-state index contributed by atoms with van der Waals surface area (Å²) in [5.74, 6) is 1.48. The van der Waals surface area contributed by atoms with Crippen molar-refractivity contribution in [3.05, 3.63) is 90.0 Å². The number of nitrogens with one attached hydrogen (secondary N) is 2. The average Bonchev–Trinajstić information content (AvgIpc) is 2.78. The summed E-state index contributed by atoms with van der Waals surface area (Å²) < 4.78 is 11.0. The minimum atomic E-state index is -0.0928. The van der Waals surface area contributed by atoms with E-state index >= 15 is 0 Å². The summed E-state index contributed by atoms with van der Waals surface area (Å²) in [6.45, 7) is 1.48. The maximum absolute atomic E-state index is 12.2. The number of amides is 1. The van der Waals surface area contributed by atoms with Crippen LogP contribution < -0.4 is 20.1 Å². The smallest absolute Gasteiger partial charge is 0.238 e. The molecule has 3 aromatic carbocycles. The van der Waals surface area contributed by atoms with E-state index < -0.39 is 0 Å². The molecular weight excluding hydrogens is 376 g/mol. The summed E-state index contributed by atoms with van der Waals surface area (Å²) in [6, 6.07) is 25.6. The maximum atomic E-state index is 12.2. The van der Waals surface area contributed by atoms with Crippen molar-refractivity contribution >= 4 is 11.6 Å². The number of benzene rings is 3. The molecule has 2 N–H and O–H groups in total. The fourth-order valence-corrected chi connectivity index (χ4v) is 3.04. The van der Waals surface area contributed by atoms with Crippen LogP contribution in [0.3, 0.4) is 0 Å². The van der Waals surface area contributed by atoms with Gasteiger partial charge in [0.2, 0.25) is 5.91 Å². The largest absolute Gasteiger partial charge is 0.497 e. The SMILES string of the molecule is COc1ccc(CNCC(=O)Nc2cccc(OCCCc3ccccc3)c2)cc1. The van der Waals surface area contributed by atoms with Gasteiger partial charge in [-0.25, -0.2) is 0 Å². The Kier molecular flexibility index (Phi) is 8.30. The Morgan fingerprint density at radius 3 is 2.43 bits per heavy atom. The number of methoxy groups -OCH3 is 1. The topological polar surface area (TPSA) is 59.6 Å². The van der Waals surface area contributed by atoms with E-state index in [1.807, 2.05) is 66.7 Å². The van der Waals surface area contributed by atoms with Crippen molar-refractivity contribution < 1.29 is 14.3 Å². The first-order chi connectivity index (χ1) is 14.7. The predicted octanol–water partition coefficient (Wildman–Crippen LogP) is 4.44. The molecule has 1 amide bonds. The molecule has 0 spiro atoms. The molecule has 156 valence electrons. The van der Waals surface area contributed by atoms with Crippen LogP contribution in [0, 0.1) is 0 Å².